The molecule has 0 spiro atoms. The Balaban J connectivity index is 1.61. The van der Waals surface area contributed by atoms with Crippen molar-refractivity contribution < 1.29 is 19.0 Å². The average molecular weight is 372 g/mol. The number of methoxy groups -OCH3 is 2. The molecule has 26 heavy (non-hydrogen) atoms. The molecule has 1 saturated heterocycles. The van der Waals surface area contributed by atoms with Crippen LogP contribution in [-0.2, 0) is 0 Å². The summed E-state index contributed by atoms with van der Waals surface area (Å²) in [5.74, 6) is 3.59. The van der Waals surface area contributed by atoms with E-state index in [-0.39, 0.29) is 12.0 Å². The van der Waals surface area contributed by atoms with Crippen LogP contribution < -0.4 is 19.6 Å². The van der Waals surface area contributed by atoms with Gasteiger partial charge in [0.2, 0.25) is 0 Å². The van der Waals surface area contributed by atoms with Crippen LogP contribution in [0.25, 0.3) is 0 Å². The predicted octanol–water partition coefficient (Wildman–Crippen LogP) is 2.96. The maximum absolute atomic E-state index is 12.2. The number of hydrazone groups is 1. The molecular formula is C19H20N2O4S. The van der Waals surface area contributed by atoms with Gasteiger partial charge < -0.3 is 14.2 Å². The van der Waals surface area contributed by atoms with Gasteiger partial charge in [-0.25, -0.2) is 5.43 Å². The van der Waals surface area contributed by atoms with Crippen LogP contribution in [0.15, 0.2) is 47.6 Å². The summed E-state index contributed by atoms with van der Waals surface area (Å²) < 4.78 is 16.2. The second-order valence-electron chi connectivity index (χ2n) is 5.62. The second-order valence-corrected chi connectivity index (χ2v) is 6.69. The fourth-order valence-corrected chi connectivity index (χ4v) is 2.91. The van der Waals surface area contributed by atoms with Crippen molar-refractivity contribution in [3.63, 3.8) is 0 Å². The number of nitrogens with zero attached hydrogens (tertiary/aromatic N) is 1. The number of nitrogens with one attached hydrogen (secondary N) is 1. The molecule has 0 unspecified atom stereocenters. The quantitative estimate of drug-likeness (QED) is 0.598. The molecule has 2 aromatic rings. The van der Waals surface area contributed by atoms with E-state index < -0.39 is 0 Å². The van der Waals surface area contributed by atoms with Crippen molar-refractivity contribution in [2.45, 2.75) is 6.10 Å². The lowest BCUT2D eigenvalue weighted by Crippen LogP contribution is -2.31. The van der Waals surface area contributed by atoms with Crippen LogP contribution in [0.2, 0.25) is 0 Å². The first-order valence-corrected chi connectivity index (χ1v) is 9.25. The smallest absolute Gasteiger partial charge is 0.271 e. The van der Waals surface area contributed by atoms with Gasteiger partial charge in [-0.15, -0.1) is 0 Å². The van der Waals surface area contributed by atoms with E-state index in [0.29, 0.717) is 17.1 Å². The summed E-state index contributed by atoms with van der Waals surface area (Å²) in [5, 5.41) is 4.01. The molecule has 0 radical (unpaired) electrons. The van der Waals surface area contributed by atoms with E-state index in [4.69, 9.17) is 14.2 Å². The molecule has 2 aromatic carbocycles. The Labute approximate surface area is 156 Å². The van der Waals surface area contributed by atoms with Crippen molar-refractivity contribution in [2.75, 3.05) is 25.7 Å². The zero-order valence-corrected chi connectivity index (χ0v) is 15.4. The standard InChI is InChI=1S/C19H20N2O4S/c1-23-17-7-6-14(9-18(17)24-2)19(22)21-20-10-13-4-3-5-15(8-13)25-16-11-26-12-16/h3-10,16H,11-12H2,1-2H3,(H,21,22)/b20-10-. The number of ether oxygens (including phenoxy) is 3. The van der Waals surface area contributed by atoms with Crippen LogP contribution in [-0.4, -0.2) is 44.0 Å². The van der Waals surface area contributed by atoms with Gasteiger partial charge in [-0.1, -0.05) is 12.1 Å². The number of amides is 1. The van der Waals surface area contributed by atoms with E-state index in [0.717, 1.165) is 22.8 Å². The molecule has 6 nitrogen and oxygen atoms in total. The largest absolute Gasteiger partial charge is 0.493 e. The van der Waals surface area contributed by atoms with Gasteiger partial charge in [-0.05, 0) is 35.9 Å². The van der Waals surface area contributed by atoms with Gasteiger partial charge in [0.15, 0.2) is 11.5 Å². The normalized spacial score (nSPS) is 13.9. The Morgan fingerprint density at radius 1 is 1.15 bits per heavy atom. The summed E-state index contributed by atoms with van der Waals surface area (Å²) in [5.41, 5.74) is 3.79. The van der Waals surface area contributed by atoms with Crippen LogP contribution in [0.3, 0.4) is 0 Å². The first-order valence-electron chi connectivity index (χ1n) is 8.09. The second kappa shape index (κ2) is 8.62. The van der Waals surface area contributed by atoms with Gasteiger partial charge in [-0.3, -0.25) is 4.79 Å². The molecule has 1 N–H and O–H groups in total. The first-order chi connectivity index (χ1) is 12.7. The summed E-state index contributed by atoms with van der Waals surface area (Å²) in [6.07, 6.45) is 1.87. The molecule has 0 aromatic heterocycles. The highest BCUT2D eigenvalue weighted by atomic mass is 32.2. The lowest BCUT2D eigenvalue weighted by atomic mass is 10.2. The van der Waals surface area contributed by atoms with Crippen LogP contribution >= 0.6 is 11.8 Å². The number of thioether (sulfide) groups is 1. The third-order valence-corrected chi connectivity index (χ3v) is 5.01. The Morgan fingerprint density at radius 3 is 2.65 bits per heavy atom. The van der Waals surface area contributed by atoms with Crippen molar-refractivity contribution >= 4 is 23.9 Å². The van der Waals surface area contributed by atoms with Gasteiger partial charge in [-0.2, -0.15) is 16.9 Å². The van der Waals surface area contributed by atoms with E-state index in [1.54, 1.807) is 31.5 Å². The molecule has 1 aliphatic heterocycles. The molecule has 136 valence electrons. The lowest BCUT2D eigenvalue weighted by Gasteiger charge is -2.25. The van der Waals surface area contributed by atoms with Crippen LogP contribution in [0.4, 0.5) is 0 Å². The summed E-state index contributed by atoms with van der Waals surface area (Å²) in [7, 11) is 3.07. The number of carbonyl (C=O) groups excluding carboxylic acids is 1. The zero-order chi connectivity index (χ0) is 18.4. The molecule has 1 aliphatic rings. The predicted molar refractivity (Wildman–Crippen MR) is 103 cm³/mol. The number of rotatable bonds is 7. The highest BCUT2D eigenvalue weighted by molar-refractivity contribution is 8.00. The van der Waals surface area contributed by atoms with Gasteiger partial charge in [0.1, 0.15) is 11.9 Å². The monoisotopic (exact) mass is 372 g/mol. The minimum absolute atomic E-state index is 0.289. The van der Waals surface area contributed by atoms with E-state index >= 15 is 0 Å². The van der Waals surface area contributed by atoms with Gasteiger partial charge in [0.05, 0.1) is 20.4 Å². The Hall–Kier alpha value is -2.67. The molecule has 1 fully saturated rings. The SMILES string of the molecule is COc1ccc(C(=O)N/N=C\c2cccc(OC3CSC3)c2)cc1OC. The molecule has 0 aliphatic carbocycles. The molecule has 1 amide bonds. The van der Waals surface area contributed by atoms with Crippen LogP contribution in [0.1, 0.15) is 15.9 Å². The van der Waals surface area contributed by atoms with Crippen LogP contribution in [0.5, 0.6) is 17.2 Å². The molecular weight excluding hydrogens is 352 g/mol. The Kier molecular flexibility index (Phi) is 6.01. The third kappa shape index (κ3) is 4.49. The summed E-state index contributed by atoms with van der Waals surface area (Å²) in [4.78, 5) is 12.2. The lowest BCUT2D eigenvalue weighted by molar-refractivity contribution is 0.0954. The zero-order valence-electron chi connectivity index (χ0n) is 14.6. The average Bonchev–Trinajstić information content (AvgIpc) is 2.64. The van der Waals surface area contributed by atoms with Crippen molar-refractivity contribution in [1.82, 2.24) is 5.43 Å². The summed E-state index contributed by atoms with van der Waals surface area (Å²) in [6.45, 7) is 0. The molecule has 0 saturated carbocycles. The summed E-state index contributed by atoms with van der Waals surface area (Å²) >= 11 is 1.87. The van der Waals surface area contributed by atoms with Crippen molar-refractivity contribution in [2.24, 2.45) is 5.10 Å². The molecule has 7 heteroatoms. The molecule has 0 atom stereocenters. The summed E-state index contributed by atoms with van der Waals surface area (Å²) in [6, 6.07) is 12.5. The van der Waals surface area contributed by atoms with Gasteiger partial charge in [0.25, 0.3) is 5.91 Å². The minimum atomic E-state index is -0.332. The van der Waals surface area contributed by atoms with Crippen molar-refractivity contribution in [3.05, 3.63) is 53.6 Å². The topological polar surface area (TPSA) is 69.2 Å². The first kappa shape index (κ1) is 18.1. The Morgan fingerprint density at radius 2 is 1.96 bits per heavy atom. The van der Waals surface area contributed by atoms with E-state index in [1.165, 1.54) is 7.11 Å². The van der Waals surface area contributed by atoms with Gasteiger partial charge in [0, 0.05) is 17.1 Å². The fourth-order valence-electron chi connectivity index (χ4n) is 2.35. The van der Waals surface area contributed by atoms with Crippen molar-refractivity contribution in [1.29, 1.82) is 0 Å². The fraction of sp³-hybridized carbons (Fsp3) is 0.263. The number of hydrogen-bond acceptors (Lipinski definition) is 6. The van der Waals surface area contributed by atoms with E-state index in [1.807, 2.05) is 36.0 Å². The number of benzene rings is 2. The van der Waals surface area contributed by atoms with Gasteiger partial charge >= 0.3 is 0 Å². The third-order valence-electron chi connectivity index (χ3n) is 3.79. The minimum Gasteiger partial charge on any atom is -0.493 e. The van der Waals surface area contributed by atoms with E-state index in [9.17, 15) is 4.79 Å². The molecule has 3 rings (SSSR count). The highest BCUT2D eigenvalue weighted by Crippen LogP contribution is 2.27. The van der Waals surface area contributed by atoms with E-state index in [2.05, 4.69) is 10.5 Å². The number of hydrogen-bond donors (Lipinski definition) is 1. The maximum Gasteiger partial charge on any atom is 0.271 e. The maximum atomic E-state index is 12.2. The molecule has 0 bridgehead atoms. The Bertz CT molecular complexity index is 806. The number of carbonyl (C=O) groups is 1. The molecule has 1 heterocycles. The highest BCUT2D eigenvalue weighted by Gasteiger charge is 2.19. The van der Waals surface area contributed by atoms with Crippen LogP contribution in [0, 0.1) is 0 Å². The van der Waals surface area contributed by atoms with Crippen molar-refractivity contribution in [3.8, 4) is 17.2 Å².